The zero-order valence-corrected chi connectivity index (χ0v) is 21.7. The van der Waals surface area contributed by atoms with E-state index in [0.29, 0.717) is 37.7 Å². The van der Waals surface area contributed by atoms with E-state index >= 15 is 0 Å². The lowest BCUT2D eigenvalue weighted by Crippen LogP contribution is -2.35. The molecule has 3 aromatic rings. The van der Waals surface area contributed by atoms with Crippen LogP contribution in [0.15, 0.2) is 12.8 Å². The van der Waals surface area contributed by atoms with E-state index in [9.17, 15) is 9.18 Å². The summed E-state index contributed by atoms with van der Waals surface area (Å²) < 4.78 is 13.7. The second kappa shape index (κ2) is 9.22. The minimum Gasteiger partial charge on any atom is -0.357 e. The van der Waals surface area contributed by atoms with Gasteiger partial charge in [-0.1, -0.05) is 6.58 Å². The molecule has 37 heavy (non-hydrogen) atoms. The van der Waals surface area contributed by atoms with Crippen LogP contribution in [0.3, 0.4) is 0 Å². The zero-order valence-electron chi connectivity index (χ0n) is 21.0. The maximum atomic E-state index is 13.7. The molecular formula is C27H29ClFN7O. The van der Waals surface area contributed by atoms with Crippen LogP contribution in [0.4, 0.5) is 16.0 Å². The number of anilines is 2. The number of nitrogens with zero attached hydrogens (tertiary/aromatic N) is 4. The number of nitrogens with one attached hydrogen (secondary N) is 3. The Balaban J connectivity index is 1.45. The van der Waals surface area contributed by atoms with E-state index < -0.39 is 6.17 Å². The molecule has 0 saturated heterocycles. The average Bonchev–Trinajstić information content (AvgIpc) is 3.24. The van der Waals surface area contributed by atoms with Crippen molar-refractivity contribution in [1.82, 2.24) is 30.2 Å². The van der Waals surface area contributed by atoms with E-state index in [1.165, 1.54) is 0 Å². The second-order valence-electron chi connectivity index (χ2n) is 10.2. The Bertz CT molecular complexity index is 1450. The van der Waals surface area contributed by atoms with Crippen molar-refractivity contribution in [2.24, 2.45) is 0 Å². The number of carbonyl (C=O) groups is 1. The van der Waals surface area contributed by atoms with Crippen LogP contribution < -0.4 is 10.6 Å². The van der Waals surface area contributed by atoms with Gasteiger partial charge in [-0.25, -0.2) is 19.3 Å². The summed E-state index contributed by atoms with van der Waals surface area (Å²) in [4.78, 5) is 32.1. The number of carbonyl (C=O) groups excluding carboxylic acids is 1. The number of allylic oxidation sites excluding steroid dienone is 1. The third kappa shape index (κ3) is 4.20. The predicted molar refractivity (Wildman–Crippen MR) is 142 cm³/mol. The highest BCUT2D eigenvalue weighted by Crippen LogP contribution is 2.43. The van der Waals surface area contributed by atoms with Crippen LogP contribution >= 0.6 is 11.6 Å². The van der Waals surface area contributed by atoms with Gasteiger partial charge in [0.2, 0.25) is 5.28 Å². The molecule has 0 bridgehead atoms. The molecule has 2 aliphatic heterocycles. The van der Waals surface area contributed by atoms with E-state index in [2.05, 4.69) is 37.1 Å². The Kier molecular flexibility index (Phi) is 6.00. The number of pyridine rings is 1. The van der Waals surface area contributed by atoms with Gasteiger partial charge in [-0.15, -0.1) is 0 Å². The van der Waals surface area contributed by atoms with Gasteiger partial charge in [-0.2, -0.15) is 0 Å². The Morgan fingerprint density at radius 1 is 1.22 bits per heavy atom. The lowest BCUT2D eigenvalue weighted by Gasteiger charge is -2.30. The Hall–Kier alpha value is -3.30. The smallest absolute Gasteiger partial charge is 0.253 e. The van der Waals surface area contributed by atoms with Gasteiger partial charge in [0.15, 0.2) is 0 Å². The van der Waals surface area contributed by atoms with Gasteiger partial charge in [0.1, 0.15) is 17.8 Å². The molecule has 1 aliphatic carbocycles. The molecule has 10 heteroatoms. The predicted octanol–water partition coefficient (Wildman–Crippen LogP) is 4.40. The summed E-state index contributed by atoms with van der Waals surface area (Å²) >= 11 is 6.31. The summed E-state index contributed by atoms with van der Waals surface area (Å²) in [6, 6.07) is 0. The Labute approximate surface area is 219 Å². The molecule has 8 nitrogen and oxygen atoms in total. The number of aromatic amines is 1. The van der Waals surface area contributed by atoms with Crippen LogP contribution in [-0.2, 0) is 32.2 Å². The van der Waals surface area contributed by atoms with Crippen molar-refractivity contribution in [2.45, 2.75) is 52.2 Å². The van der Waals surface area contributed by atoms with Gasteiger partial charge in [0.05, 0.1) is 17.0 Å². The maximum Gasteiger partial charge on any atom is 0.253 e. The maximum absolute atomic E-state index is 13.7. The van der Waals surface area contributed by atoms with E-state index in [-0.39, 0.29) is 11.2 Å². The van der Waals surface area contributed by atoms with E-state index in [0.717, 1.165) is 81.8 Å². The normalized spacial score (nSPS) is 17.2. The molecular weight excluding hydrogens is 493 g/mol. The third-order valence-electron chi connectivity index (χ3n) is 7.41. The summed E-state index contributed by atoms with van der Waals surface area (Å²) in [5, 5.41) is 6.56. The SMILES string of the molecule is C=C(C)c1c(Nc2nc(Cl)nc3c2CN(CC(C)F)CC3)ncc2c1-c1[nH]c3c(c1CC2)C(=O)NCC3. The van der Waals surface area contributed by atoms with E-state index in [1.54, 1.807) is 6.92 Å². The molecule has 1 amide bonds. The minimum atomic E-state index is -0.925. The zero-order chi connectivity index (χ0) is 25.8. The quantitative estimate of drug-likeness (QED) is 0.430. The number of hydrogen-bond donors (Lipinski definition) is 3. The molecule has 0 spiro atoms. The van der Waals surface area contributed by atoms with Gasteiger partial charge in [-0.05, 0) is 55.0 Å². The third-order valence-corrected chi connectivity index (χ3v) is 7.57. The Morgan fingerprint density at radius 2 is 2.05 bits per heavy atom. The summed E-state index contributed by atoms with van der Waals surface area (Å²) in [6.45, 7) is 10.0. The van der Waals surface area contributed by atoms with Crippen molar-refractivity contribution in [3.05, 3.63) is 57.3 Å². The molecule has 0 fully saturated rings. The molecule has 192 valence electrons. The van der Waals surface area contributed by atoms with Crippen LogP contribution in [0.1, 0.15) is 57.8 Å². The lowest BCUT2D eigenvalue weighted by atomic mass is 9.84. The van der Waals surface area contributed by atoms with Gasteiger partial charge < -0.3 is 15.6 Å². The number of hydrogen-bond acceptors (Lipinski definition) is 6. The molecule has 1 unspecified atom stereocenters. The Morgan fingerprint density at radius 3 is 2.84 bits per heavy atom. The van der Waals surface area contributed by atoms with Crippen molar-refractivity contribution in [3.8, 4) is 11.3 Å². The fourth-order valence-corrected chi connectivity index (χ4v) is 6.06. The van der Waals surface area contributed by atoms with Crippen molar-refractivity contribution in [2.75, 3.05) is 25.0 Å². The minimum absolute atomic E-state index is 0.0131. The number of fused-ring (bicyclic) bond motifs is 6. The number of amides is 1. The first-order valence-electron chi connectivity index (χ1n) is 12.7. The van der Waals surface area contributed by atoms with Crippen molar-refractivity contribution in [1.29, 1.82) is 0 Å². The fraction of sp³-hybridized carbons (Fsp3) is 0.407. The summed E-state index contributed by atoms with van der Waals surface area (Å²) in [6.07, 6.45) is 3.98. The van der Waals surface area contributed by atoms with Gasteiger partial charge >= 0.3 is 0 Å². The summed E-state index contributed by atoms with van der Waals surface area (Å²) in [5.41, 5.74) is 9.42. The number of H-pyrrole nitrogens is 1. The summed E-state index contributed by atoms with van der Waals surface area (Å²) in [7, 11) is 0. The first-order valence-corrected chi connectivity index (χ1v) is 13.1. The number of aryl methyl sites for hydroxylation is 1. The molecule has 3 aliphatic rings. The largest absolute Gasteiger partial charge is 0.357 e. The van der Waals surface area contributed by atoms with Crippen LogP contribution in [0.25, 0.3) is 16.8 Å². The first kappa shape index (κ1) is 24.1. The number of aromatic nitrogens is 4. The van der Waals surface area contributed by atoms with Crippen LogP contribution in [0.2, 0.25) is 5.28 Å². The average molecular weight is 522 g/mol. The second-order valence-corrected chi connectivity index (χ2v) is 10.5. The molecule has 3 aromatic heterocycles. The number of rotatable bonds is 5. The molecule has 1 atom stereocenters. The fourth-order valence-electron chi connectivity index (χ4n) is 5.87. The van der Waals surface area contributed by atoms with Crippen molar-refractivity contribution < 1.29 is 9.18 Å². The van der Waals surface area contributed by atoms with E-state index in [4.69, 9.17) is 16.6 Å². The number of alkyl halides is 1. The van der Waals surface area contributed by atoms with Crippen LogP contribution in [0, 0.1) is 0 Å². The number of halogens is 2. The monoisotopic (exact) mass is 521 g/mol. The highest BCUT2D eigenvalue weighted by atomic mass is 35.5. The van der Waals surface area contributed by atoms with Crippen molar-refractivity contribution >= 4 is 34.7 Å². The molecule has 0 radical (unpaired) electrons. The first-order chi connectivity index (χ1) is 17.8. The topological polar surface area (TPSA) is 98.8 Å². The van der Waals surface area contributed by atoms with E-state index in [1.807, 2.05) is 13.1 Å². The molecule has 3 N–H and O–H groups in total. The molecule has 6 rings (SSSR count). The van der Waals surface area contributed by atoms with Gasteiger partial charge in [-0.3, -0.25) is 9.69 Å². The van der Waals surface area contributed by atoms with Crippen molar-refractivity contribution in [3.63, 3.8) is 0 Å². The molecule has 0 aromatic carbocycles. The van der Waals surface area contributed by atoms with Crippen LogP contribution in [0.5, 0.6) is 0 Å². The highest BCUT2D eigenvalue weighted by Gasteiger charge is 2.32. The molecule has 5 heterocycles. The lowest BCUT2D eigenvalue weighted by molar-refractivity contribution is 0.0945. The molecule has 0 saturated carbocycles. The highest BCUT2D eigenvalue weighted by molar-refractivity contribution is 6.28. The van der Waals surface area contributed by atoms with Crippen LogP contribution in [-0.4, -0.2) is 56.5 Å². The van der Waals surface area contributed by atoms with Gasteiger partial charge in [0.25, 0.3) is 5.91 Å². The summed E-state index contributed by atoms with van der Waals surface area (Å²) in [5.74, 6) is 1.17. The van der Waals surface area contributed by atoms with Gasteiger partial charge in [0, 0.05) is 67.6 Å². The standard InChI is InChI=1S/C27H29ClFN7O/c1-13(2)20-21-15(4-5-16-22-19(32-23(16)21)6-8-30-26(22)37)10-31-25(20)34-24-17-12-36(11-14(3)29)9-7-18(17)33-27(28)35-24/h10,14,32H,1,4-9,11-12H2,2-3H3,(H,30,37)(H,31,33,34,35).